The molecular weight excluding hydrogens is 387 g/mol. The number of esters is 2. The van der Waals surface area contributed by atoms with Crippen molar-refractivity contribution in [2.24, 2.45) is 0 Å². The Bertz CT molecular complexity index is 859. The van der Waals surface area contributed by atoms with Gasteiger partial charge in [0.25, 0.3) is 0 Å². The summed E-state index contributed by atoms with van der Waals surface area (Å²) < 4.78 is 10.7. The SMILES string of the molecule is C=[P+](C=C(O)C[C@H](CC(=O)OC(C)C)OC(=O)c1ccccc1)c1ccccc1. The van der Waals surface area contributed by atoms with Gasteiger partial charge in [0, 0.05) is 6.42 Å². The summed E-state index contributed by atoms with van der Waals surface area (Å²) in [4.78, 5) is 24.5. The summed E-state index contributed by atoms with van der Waals surface area (Å²) in [5, 5.41) is 11.4. The molecule has 0 saturated carbocycles. The molecular formula is C23H26O5P+. The van der Waals surface area contributed by atoms with Gasteiger partial charge in [0.05, 0.1) is 24.4 Å². The Morgan fingerprint density at radius 2 is 1.59 bits per heavy atom. The molecule has 0 aliphatic rings. The van der Waals surface area contributed by atoms with E-state index in [0.717, 1.165) is 5.30 Å². The van der Waals surface area contributed by atoms with Crippen LogP contribution in [0.1, 0.15) is 37.0 Å². The van der Waals surface area contributed by atoms with Crippen LogP contribution in [0.3, 0.4) is 0 Å². The van der Waals surface area contributed by atoms with Gasteiger partial charge in [0.1, 0.15) is 11.9 Å². The van der Waals surface area contributed by atoms with E-state index in [-0.39, 0.29) is 24.7 Å². The van der Waals surface area contributed by atoms with Gasteiger partial charge in [-0.15, -0.1) is 0 Å². The molecule has 0 spiro atoms. The number of hydrogen-bond acceptors (Lipinski definition) is 5. The zero-order valence-corrected chi connectivity index (χ0v) is 17.5. The first-order valence-electron chi connectivity index (χ1n) is 9.35. The summed E-state index contributed by atoms with van der Waals surface area (Å²) in [6, 6.07) is 18.1. The maximum absolute atomic E-state index is 12.4. The first kappa shape index (κ1) is 22.4. The third-order valence-electron chi connectivity index (χ3n) is 3.87. The van der Waals surface area contributed by atoms with E-state index >= 15 is 0 Å². The van der Waals surface area contributed by atoms with Crippen molar-refractivity contribution in [1.82, 2.24) is 0 Å². The molecule has 2 rings (SSSR count). The molecule has 29 heavy (non-hydrogen) atoms. The highest BCUT2D eigenvalue weighted by Crippen LogP contribution is 2.25. The number of rotatable bonds is 9. The predicted molar refractivity (Wildman–Crippen MR) is 117 cm³/mol. The van der Waals surface area contributed by atoms with Crippen LogP contribution in [0.5, 0.6) is 0 Å². The van der Waals surface area contributed by atoms with Crippen molar-refractivity contribution in [3.63, 3.8) is 0 Å². The minimum absolute atomic E-state index is 0.00690. The largest absolute Gasteiger partial charge is 0.508 e. The number of carbonyl (C=O) groups excluding carboxylic acids is 2. The van der Waals surface area contributed by atoms with Crippen molar-refractivity contribution in [2.75, 3.05) is 0 Å². The van der Waals surface area contributed by atoms with Crippen LogP contribution in [0.4, 0.5) is 0 Å². The fourth-order valence-electron chi connectivity index (χ4n) is 2.61. The van der Waals surface area contributed by atoms with Gasteiger partial charge >= 0.3 is 11.9 Å². The number of benzene rings is 2. The third-order valence-corrected chi connectivity index (χ3v) is 5.45. The van der Waals surface area contributed by atoms with Gasteiger partial charge in [-0.05, 0) is 38.1 Å². The second-order valence-corrected chi connectivity index (χ2v) is 8.48. The highest BCUT2D eigenvalue weighted by atomic mass is 31.1. The van der Waals surface area contributed by atoms with E-state index in [2.05, 4.69) is 6.30 Å². The fraction of sp³-hybridized carbons (Fsp3) is 0.261. The van der Waals surface area contributed by atoms with E-state index in [1.165, 1.54) is 0 Å². The van der Waals surface area contributed by atoms with Crippen LogP contribution < -0.4 is 5.30 Å². The molecule has 0 bridgehead atoms. The molecule has 0 fully saturated rings. The molecule has 2 atom stereocenters. The van der Waals surface area contributed by atoms with Crippen LogP contribution >= 0.6 is 7.55 Å². The first-order chi connectivity index (χ1) is 13.8. The number of ether oxygens (including phenoxy) is 2. The van der Waals surface area contributed by atoms with Gasteiger partial charge in [-0.25, -0.2) is 4.79 Å². The normalized spacial score (nSPS) is 12.9. The molecule has 0 saturated heterocycles. The summed E-state index contributed by atoms with van der Waals surface area (Å²) in [7, 11) is -0.963. The molecule has 0 aliphatic carbocycles. The summed E-state index contributed by atoms with van der Waals surface area (Å²) >= 11 is 0. The first-order valence-corrected chi connectivity index (χ1v) is 10.9. The molecule has 6 heteroatoms. The van der Waals surface area contributed by atoms with Gasteiger partial charge in [-0.2, -0.15) is 0 Å². The number of carbonyl (C=O) groups is 2. The highest BCUT2D eigenvalue weighted by molar-refractivity contribution is 7.66. The van der Waals surface area contributed by atoms with Crippen molar-refractivity contribution >= 4 is 31.1 Å². The smallest absolute Gasteiger partial charge is 0.338 e. The predicted octanol–water partition coefficient (Wildman–Crippen LogP) is 4.58. The molecule has 0 aliphatic heterocycles. The molecule has 0 radical (unpaired) electrons. The van der Waals surface area contributed by atoms with E-state index in [1.807, 2.05) is 30.3 Å². The van der Waals surface area contributed by atoms with Crippen molar-refractivity contribution in [3.05, 3.63) is 77.8 Å². The Morgan fingerprint density at radius 1 is 1.00 bits per heavy atom. The molecule has 1 N–H and O–H groups in total. The van der Waals surface area contributed by atoms with Crippen LogP contribution in [0.2, 0.25) is 0 Å². The van der Waals surface area contributed by atoms with Crippen LogP contribution in [0.25, 0.3) is 0 Å². The van der Waals surface area contributed by atoms with Crippen molar-refractivity contribution in [3.8, 4) is 0 Å². The van der Waals surface area contributed by atoms with E-state index in [1.54, 1.807) is 50.0 Å². The van der Waals surface area contributed by atoms with E-state index in [0.29, 0.717) is 5.56 Å². The van der Waals surface area contributed by atoms with Crippen LogP contribution in [-0.2, 0) is 14.3 Å². The fourth-order valence-corrected chi connectivity index (χ4v) is 3.78. The molecule has 152 valence electrons. The molecule has 2 aromatic rings. The second-order valence-electron chi connectivity index (χ2n) is 6.77. The Labute approximate surface area is 172 Å². The maximum atomic E-state index is 12.4. The quantitative estimate of drug-likeness (QED) is 0.370. The highest BCUT2D eigenvalue weighted by Gasteiger charge is 2.23. The Morgan fingerprint density at radius 3 is 2.17 bits per heavy atom. The van der Waals surface area contributed by atoms with E-state index < -0.39 is 25.6 Å². The standard InChI is InChI=1S/C23H25O5P/c1-17(2)27-22(25)15-20(28-23(26)18-10-6-4-7-11-18)14-19(24)16-29(3)21-12-8-5-9-13-21/h4-13,16-17,20H,3,14-15H2,1-2H3/p+1/t20-/m1/s1. The third kappa shape index (κ3) is 7.92. The lowest BCUT2D eigenvalue weighted by Crippen LogP contribution is -2.25. The number of hydrogen-bond donors (Lipinski definition) is 1. The van der Waals surface area contributed by atoms with Crippen LogP contribution in [-0.4, -0.2) is 35.6 Å². The second kappa shape index (κ2) is 11.2. The van der Waals surface area contributed by atoms with Gasteiger partial charge < -0.3 is 14.6 Å². The van der Waals surface area contributed by atoms with Gasteiger partial charge in [0.2, 0.25) is 0 Å². The summed E-state index contributed by atoms with van der Waals surface area (Å²) in [5.74, 6) is 0.638. The lowest BCUT2D eigenvalue weighted by Gasteiger charge is -2.17. The minimum Gasteiger partial charge on any atom is -0.508 e. The Balaban J connectivity index is 2.11. The lowest BCUT2D eigenvalue weighted by molar-refractivity contribution is -0.149. The molecule has 0 heterocycles. The van der Waals surface area contributed by atoms with E-state index in [9.17, 15) is 14.7 Å². The molecule has 1 unspecified atom stereocenters. The van der Waals surface area contributed by atoms with Gasteiger partial charge in [-0.1, -0.05) is 36.4 Å². The lowest BCUT2D eigenvalue weighted by atomic mass is 10.1. The molecule has 5 nitrogen and oxygen atoms in total. The molecule has 0 aromatic heterocycles. The van der Waals surface area contributed by atoms with Crippen molar-refractivity contribution in [2.45, 2.75) is 38.9 Å². The Kier molecular flexibility index (Phi) is 8.63. The minimum atomic E-state index is -0.963. The van der Waals surface area contributed by atoms with E-state index in [4.69, 9.17) is 9.47 Å². The number of aliphatic hydroxyl groups excluding tert-OH is 1. The average molecular weight is 413 g/mol. The monoisotopic (exact) mass is 413 g/mol. The zero-order valence-electron chi connectivity index (χ0n) is 16.7. The summed E-state index contributed by atoms with van der Waals surface area (Å²) in [6.45, 7) is 3.49. The van der Waals surface area contributed by atoms with Crippen LogP contribution in [0, 0.1) is 0 Å². The Hall–Kier alpha value is -2.91. The summed E-state index contributed by atoms with van der Waals surface area (Å²) in [5.41, 5.74) is 0.377. The van der Waals surface area contributed by atoms with Crippen molar-refractivity contribution in [1.29, 1.82) is 0 Å². The molecule has 0 amide bonds. The summed E-state index contributed by atoms with van der Waals surface area (Å²) in [6.07, 6.45) is 2.84. The van der Waals surface area contributed by atoms with Gasteiger partial charge in [-0.3, -0.25) is 4.79 Å². The van der Waals surface area contributed by atoms with Crippen LogP contribution in [0.15, 0.2) is 72.2 Å². The molecule has 2 aromatic carbocycles. The van der Waals surface area contributed by atoms with Crippen molar-refractivity contribution < 1.29 is 24.2 Å². The average Bonchev–Trinajstić information content (AvgIpc) is 2.68. The zero-order chi connectivity index (χ0) is 21.2. The maximum Gasteiger partial charge on any atom is 0.338 e. The van der Waals surface area contributed by atoms with Gasteiger partial charge in [0.15, 0.2) is 18.7 Å². The number of aliphatic hydroxyl groups is 1. The topological polar surface area (TPSA) is 72.8 Å².